The zero-order chi connectivity index (χ0) is 13.8. The number of carbonyl (C=O) groups is 1. The van der Waals surface area contributed by atoms with Crippen molar-refractivity contribution in [3.8, 4) is 0 Å². The van der Waals surface area contributed by atoms with Gasteiger partial charge >= 0.3 is 0 Å². The average molecular weight is 343 g/mol. The molecule has 0 aliphatic carbocycles. The van der Waals surface area contributed by atoms with Crippen LogP contribution in [0.5, 0.6) is 0 Å². The lowest BCUT2D eigenvalue weighted by molar-refractivity contribution is 0.0940. The SMILES string of the molecule is CN(C)C(CNC(=O)c1ccoc1Br)c1cccs1. The van der Waals surface area contributed by atoms with Crippen LogP contribution in [0.1, 0.15) is 21.3 Å². The van der Waals surface area contributed by atoms with E-state index >= 15 is 0 Å². The normalized spacial score (nSPS) is 12.6. The van der Waals surface area contributed by atoms with Crippen molar-refractivity contribution in [3.05, 3.63) is 45.0 Å². The van der Waals surface area contributed by atoms with Gasteiger partial charge in [0, 0.05) is 11.4 Å². The first kappa shape index (κ1) is 14.3. The summed E-state index contributed by atoms with van der Waals surface area (Å²) in [6.07, 6.45) is 1.49. The van der Waals surface area contributed by atoms with Crippen molar-refractivity contribution in [1.82, 2.24) is 10.2 Å². The van der Waals surface area contributed by atoms with Gasteiger partial charge in [0.05, 0.1) is 17.9 Å². The molecular weight excluding hydrogens is 328 g/mol. The fourth-order valence-corrected chi connectivity index (χ4v) is 3.10. The summed E-state index contributed by atoms with van der Waals surface area (Å²) in [7, 11) is 4.01. The Morgan fingerprint density at radius 3 is 2.84 bits per heavy atom. The van der Waals surface area contributed by atoms with Crippen molar-refractivity contribution < 1.29 is 9.21 Å². The summed E-state index contributed by atoms with van der Waals surface area (Å²) in [5.74, 6) is -0.135. The van der Waals surface area contributed by atoms with Crippen LogP contribution in [-0.4, -0.2) is 31.4 Å². The molecular formula is C13H15BrN2O2S. The summed E-state index contributed by atoms with van der Waals surface area (Å²) in [5, 5.41) is 4.97. The lowest BCUT2D eigenvalue weighted by atomic mass is 10.2. The van der Waals surface area contributed by atoms with Gasteiger partial charge in [-0.15, -0.1) is 11.3 Å². The highest BCUT2D eigenvalue weighted by Gasteiger charge is 2.18. The summed E-state index contributed by atoms with van der Waals surface area (Å²) in [4.78, 5) is 15.3. The van der Waals surface area contributed by atoms with E-state index in [1.165, 1.54) is 11.1 Å². The van der Waals surface area contributed by atoms with Crippen LogP contribution in [0.25, 0.3) is 0 Å². The molecule has 102 valence electrons. The number of carbonyl (C=O) groups excluding carboxylic acids is 1. The Labute approximate surface area is 124 Å². The molecule has 1 unspecified atom stereocenters. The Hall–Kier alpha value is -1.11. The minimum atomic E-state index is -0.135. The lowest BCUT2D eigenvalue weighted by Gasteiger charge is -2.23. The number of rotatable bonds is 5. The molecule has 19 heavy (non-hydrogen) atoms. The number of hydrogen-bond acceptors (Lipinski definition) is 4. The maximum Gasteiger partial charge on any atom is 0.255 e. The van der Waals surface area contributed by atoms with Crippen molar-refractivity contribution in [1.29, 1.82) is 0 Å². The van der Waals surface area contributed by atoms with Gasteiger partial charge in [0.2, 0.25) is 0 Å². The second-order valence-corrected chi connectivity index (χ2v) is 6.01. The quantitative estimate of drug-likeness (QED) is 0.907. The topological polar surface area (TPSA) is 45.5 Å². The van der Waals surface area contributed by atoms with Crippen LogP contribution in [0.15, 0.2) is 38.9 Å². The second-order valence-electron chi connectivity index (χ2n) is 4.31. The summed E-state index contributed by atoms with van der Waals surface area (Å²) in [5.41, 5.74) is 0.517. The Morgan fingerprint density at radius 1 is 1.53 bits per heavy atom. The molecule has 1 amide bonds. The molecule has 0 spiro atoms. The van der Waals surface area contributed by atoms with Gasteiger partial charge in [-0.3, -0.25) is 4.79 Å². The third kappa shape index (κ3) is 3.46. The van der Waals surface area contributed by atoms with E-state index in [-0.39, 0.29) is 11.9 Å². The summed E-state index contributed by atoms with van der Waals surface area (Å²) < 4.78 is 5.52. The zero-order valence-corrected chi connectivity index (χ0v) is 13.1. The van der Waals surface area contributed by atoms with Crippen LogP contribution in [0.2, 0.25) is 0 Å². The van der Waals surface area contributed by atoms with Crippen LogP contribution < -0.4 is 5.32 Å². The number of nitrogens with zero attached hydrogens (tertiary/aromatic N) is 1. The van der Waals surface area contributed by atoms with Crippen LogP contribution in [0.4, 0.5) is 0 Å². The summed E-state index contributed by atoms with van der Waals surface area (Å²) in [6, 6.07) is 5.92. The number of amides is 1. The van der Waals surface area contributed by atoms with E-state index in [4.69, 9.17) is 4.42 Å². The van der Waals surface area contributed by atoms with Crippen molar-refractivity contribution in [3.63, 3.8) is 0 Å². The molecule has 2 aromatic rings. The van der Waals surface area contributed by atoms with Gasteiger partial charge in [-0.25, -0.2) is 0 Å². The number of hydrogen-bond donors (Lipinski definition) is 1. The number of likely N-dealkylation sites (N-methyl/N-ethyl adjacent to an activating group) is 1. The van der Waals surface area contributed by atoms with Gasteiger partial charge in [0.15, 0.2) is 4.67 Å². The maximum atomic E-state index is 12.0. The van der Waals surface area contributed by atoms with Crippen LogP contribution in [0.3, 0.4) is 0 Å². The molecule has 4 nitrogen and oxygen atoms in total. The Balaban J connectivity index is 2.00. The summed E-state index contributed by atoms with van der Waals surface area (Å²) in [6.45, 7) is 0.559. The predicted octanol–water partition coefficient (Wildman–Crippen LogP) is 3.14. The number of furan rings is 1. The summed E-state index contributed by atoms with van der Waals surface area (Å²) >= 11 is 4.90. The maximum absolute atomic E-state index is 12.0. The molecule has 0 fully saturated rings. The van der Waals surface area contributed by atoms with E-state index in [0.717, 1.165) is 0 Å². The minimum Gasteiger partial charge on any atom is -0.457 e. The highest BCUT2D eigenvalue weighted by atomic mass is 79.9. The minimum absolute atomic E-state index is 0.135. The molecule has 0 bridgehead atoms. The fraction of sp³-hybridized carbons (Fsp3) is 0.308. The van der Waals surface area contributed by atoms with E-state index in [1.54, 1.807) is 17.4 Å². The first-order valence-corrected chi connectivity index (χ1v) is 7.48. The van der Waals surface area contributed by atoms with Crippen molar-refractivity contribution >= 4 is 33.2 Å². The van der Waals surface area contributed by atoms with Crippen molar-refractivity contribution in [2.45, 2.75) is 6.04 Å². The molecule has 0 radical (unpaired) electrons. The largest absolute Gasteiger partial charge is 0.457 e. The van der Waals surface area contributed by atoms with Gasteiger partial charge in [-0.1, -0.05) is 6.07 Å². The molecule has 0 aliphatic heterocycles. The number of halogens is 1. The molecule has 1 N–H and O–H groups in total. The monoisotopic (exact) mass is 342 g/mol. The first-order chi connectivity index (χ1) is 9.09. The van der Waals surface area contributed by atoms with Gasteiger partial charge < -0.3 is 14.6 Å². The first-order valence-electron chi connectivity index (χ1n) is 5.80. The van der Waals surface area contributed by atoms with Crippen LogP contribution in [-0.2, 0) is 0 Å². The van der Waals surface area contributed by atoms with E-state index in [2.05, 4.69) is 32.2 Å². The highest BCUT2D eigenvalue weighted by Crippen LogP contribution is 2.23. The average Bonchev–Trinajstić information content (AvgIpc) is 3.00. The third-order valence-electron chi connectivity index (χ3n) is 2.81. The molecule has 0 aromatic carbocycles. The van der Waals surface area contributed by atoms with Crippen molar-refractivity contribution in [2.24, 2.45) is 0 Å². The highest BCUT2D eigenvalue weighted by molar-refractivity contribution is 9.10. The Morgan fingerprint density at radius 2 is 2.32 bits per heavy atom. The standard InChI is InChI=1S/C13H15BrN2O2S/c1-16(2)10(11-4-3-7-19-11)8-15-13(17)9-5-6-18-12(9)14/h3-7,10H,8H2,1-2H3,(H,15,17). The molecule has 0 saturated carbocycles. The molecule has 2 aromatic heterocycles. The van der Waals surface area contributed by atoms with E-state index in [9.17, 15) is 4.79 Å². The molecule has 6 heteroatoms. The number of thiophene rings is 1. The molecule has 1 atom stereocenters. The molecule has 0 saturated heterocycles. The Kier molecular flexibility index (Phi) is 4.79. The zero-order valence-electron chi connectivity index (χ0n) is 10.7. The molecule has 2 heterocycles. The Bertz CT molecular complexity index is 537. The molecule has 0 aliphatic rings. The van der Waals surface area contributed by atoms with E-state index < -0.39 is 0 Å². The van der Waals surface area contributed by atoms with Gasteiger partial charge in [-0.05, 0) is 47.5 Å². The van der Waals surface area contributed by atoms with Crippen LogP contribution in [0, 0.1) is 0 Å². The number of nitrogens with one attached hydrogen (secondary N) is 1. The smallest absolute Gasteiger partial charge is 0.255 e. The second kappa shape index (κ2) is 6.36. The van der Waals surface area contributed by atoms with Crippen molar-refractivity contribution in [2.75, 3.05) is 20.6 Å². The third-order valence-corrected chi connectivity index (χ3v) is 4.40. The van der Waals surface area contributed by atoms with Crippen LogP contribution >= 0.6 is 27.3 Å². The predicted molar refractivity (Wildman–Crippen MR) is 79.5 cm³/mol. The van der Waals surface area contributed by atoms with E-state index in [1.807, 2.05) is 25.5 Å². The van der Waals surface area contributed by atoms with Gasteiger partial charge in [-0.2, -0.15) is 0 Å². The fourth-order valence-electron chi connectivity index (χ4n) is 1.76. The van der Waals surface area contributed by atoms with Gasteiger partial charge in [0.1, 0.15) is 0 Å². The van der Waals surface area contributed by atoms with E-state index in [0.29, 0.717) is 16.8 Å². The molecule has 2 rings (SSSR count). The van der Waals surface area contributed by atoms with Gasteiger partial charge in [0.25, 0.3) is 5.91 Å². The lowest BCUT2D eigenvalue weighted by Crippen LogP contribution is -2.34.